The first-order valence-electron chi connectivity index (χ1n) is 7.16. The zero-order chi connectivity index (χ0) is 15.5. The van der Waals surface area contributed by atoms with Crippen molar-refractivity contribution in [3.8, 4) is 0 Å². The van der Waals surface area contributed by atoms with Crippen molar-refractivity contribution >= 4 is 29.0 Å². The van der Waals surface area contributed by atoms with Crippen molar-refractivity contribution in [2.45, 2.75) is 11.8 Å². The molecule has 0 aliphatic carbocycles. The molecule has 3 nitrogen and oxygen atoms in total. The standard InChI is InChI=1S/C17H17FN2OS/c1-12-6-7-14(13(18)10-12)19-17(21)11-20-8-9-22-16-5-3-2-4-15(16)20/h2-7,10H,8-9,11H2,1H3,(H,19,21). The van der Waals surface area contributed by atoms with E-state index in [0.717, 1.165) is 23.5 Å². The maximum absolute atomic E-state index is 13.8. The van der Waals surface area contributed by atoms with Crippen LogP contribution in [-0.4, -0.2) is 24.7 Å². The first kappa shape index (κ1) is 14.9. The van der Waals surface area contributed by atoms with Gasteiger partial charge in [0.15, 0.2) is 0 Å². The molecule has 2 aromatic carbocycles. The van der Waals surface area contributed by atoms with E-state index in [0.29, 0.717) is 0 Å². The van der Waals surface area contributed by atoms with E-state index >= 15 is 0 Å². The number of thioether (sulfide) groups is 1. The molecule has 114 valence electrons. The van der Waals surface area contributed by atoms with E-state index in [1.165, 1.54) is 11.0 Å². The molecule has 0 unspecified atom stereocenters. The van der Waals surface area contributed by atoms with Gasteiger partial charge in [-0.25, -0.2) is 4.39 Å². The highest BCUT2D eigenvalue weighted by Gasteiger charge is 2.19. The second-order valence-corrected chi connectivity index (χ2v) is 6.41. The number of benzene rings is 2. The fourth-order valence-corrected chi connectivity index (χ4v) is 3.53. The third-order valence-corrected chi connectivity index (χ3v) is 4.60. The molecular weight excluding hydrogens is 299 g/mol. The molecule has 0 radical (unpaired) electrons. The molecular formula is C17H17FN2OS. The number of amides is 1. The minimum absolute atomic E-state index is 0.204. The lowest BCUT2D eigenvalue weighted by atomic mass is 10.2. The summed E-state index contributed by atoms with van der Waals surface area (Å²) in [6.07, 6.45) is 0. The van der Waals surface area contributed by atoms with E-state index in [1.54, 1.807) is 23.9 Å². The highest BCUT2D eigenvalue weighted by molar-refractivity contribution is 7.99. The van der Waals surface area contributed by atoms with E-state index in [2.05, 4.69) is 11.4 Å². The monoisotopic (exact) mass is 316 g/mol. The van der Waals surface area contributed by atoms with Crippen LogP contribution < -0.4 is 10.2 Å². The number of carbonyl (C=O) groups excluding carboxylic acids is 1. The maximum atomic E-state index is 13.8. The van der Waals surface area contributed by atoms with Crippen LogP contribution in [0.3, 0.4) is 0 Å². The number of carbonyl (C=O) groups is 1. The van der Waals surface area contributed by atoms with Crippen molar-refractivity contribution < 1.29 is 9.18 Å². The lowest BCUT2D eigenvalue weighted by Gasteiger charge is -2.30. The average molecular weight is 316 g/mol. The Morgan fingerprint density at radius 3 is 2.95 bits per heavy atom. The van der Waals surface area contributed by atoms with Crippen molar-refractivity contribution in [1.29, 1.82) is 0 Å². The molecule has 1 amide bonds. The van der Waals surface area contributed by atoms with Gasteiger partial charge < -0.3 is 10.2 Å². The van der Waals surface area contributed by atoms with Crippen LogP contribution in [0.2, 0.25) is 0 Å². The predicted octanol–water partition coefficient (Wildman–Crippen LogP) is 3.68. The minimum Gasteiger partial charge on any atom is -0.360 e. The number of aryl methyl sites for hydroxylation is 1. The second kappa shape index (κ2) is 6.40. The topological polar surface area (TPSA) is 32.3 Å². The quantitative estimate of drug-likeness (QED) is 0.937. The molecule has 0 aromatic heterocycles. The van der Waals surface area contributed by atoms with Crippen LogP contribution in [0.4, 0.5) is 15.8 Å². The molecule has 1 aliphatic rings. The third kappa shape index (κ3) is 3.25. The Balaban J connectivity index is 1.70. The number of nitrogens with one attached hydrogen (secondary N) is 1. The fraction of sp³-hybridized carbons (Fsp3) is 0.235. The van der Waals surface area contributed by atoms with Crippen molar-refractivity contribution in [3.05, 3.63) is 53.8 Å². The van der Waals surface area contributed by atoms with E-state index in [4.69, 9.17) is 0 Å². The second-order valence-electron chi connectivity index (χ2n) is 5.27. The van der Waals surface area contributed by atoms with Gasteiger partial charge in [0.2, 0.25) is 5.91 Å². The van der Waals surface area contributed by atoms with Gasteiger partial charge >= 0.3 is 0 Å². The number of hydrogen-bond acceptors (Lipinski definition) is 3. The Kier molecular flexibility index (Phi) is 4.34. The van der Waals surface area contributed by atoms with Crippen LogP contribution in [0, 0.1) is 12.7 Å². The van der Waals surface area contributed by atoms with Gasteiger partial charge in [0.1, 0.15) is 5.82 Å². The van der Waals surface area contributed by atoms with Crippen LogP contribution in [0.25, 0.3) is 0 Å². The number of para-hydroxylation sites is 1. The number of rotatable bonds is 3. The van der Waals surface area contributed by atoms with Gasteiger partial charge in [0.05, 0.1) is 17.9 Å². The van der Waals surface area contributed by atoms with E-state index in [-0.39, 0.29) is 18.1 Å². The minimum atomic E-state index is -0.400. The third-order valence-electron chi connectivity index (χ3n) is 3.56. The number of nitrogens with zero attached hydrogens (tertiary/aromatic N) is 1. The molecule has 0 atom stereocenters. The van der Waals surface area contributed by atoms with Gasteiger partial charge in [0.25, 0.3) is 0 Å². The summed E-state index contributed by atoms with van der Waals surface area (Å²) in [5.41, 5.74) is 2.13. The zero-order valence-corrected chi connectivity index (χ0v) is 13.1. The molecule has 0 saturated heterocycles. The van der Waals surface area contributed by atoms with Gasteiger partial charge in [-0.15, -0.1) is 11.8 Å². The Morgan fingerprint density at radius 2 is 2.14 bits per heavy atom. The summed E-state index contributed by atoms with van der Waals surface area (Å²) in [6, 6.07) is 12.8. The van der Waals surface area contributed by atoms with Crippen LogP contribution in [0.5, 0.6) is 0 Å². The van der Waals surface area contributed by atoms with Crippen LogP contribution in [-0.2, 0) is 4.79 Å². The molecule has 0 bridgehead atoms. The SMILES string of the molecule is Cc1ccc(NC(=O)CN2CCSc3ccccc32)c(F)c1. The van der Waals surface area contributed by atoms with Gasteiger partial charge in [-0.05, 0) is 36.8 Å². The Hall–Kier alpha value is -2.01. The molecule has 3 rings (SSSR count). The Bertz CT molecular complexity index is 705. The van der Waals surface area contributed by atoms with E-state index in [9.17, 15) is 9.18 Å². The highest BCUT2D eigenvalue weighted by atomic mass is 32.2. The summed E-state index contributed by atoms with van der Waals surface area (Å²) in [6.45, 7) is 2.85. The predicted molar refractivity (Wildman–Crippen MR) is 89.1 cm³/mol. The summed E-state index contributed by atoms with van der Waals surface area (Å²) >= 11 is 1.79. The van der Waals surface area contributed by atoms with Crippen LogP contribution in [0.1, 0.15) is 5.56 Å². The molecule has 0 spiro atoms. The average Bonchev–Trinajstić information content (AvgIpc) is 2.50. The van der Waals surface area contributed by atoms with E-state index in [1.807, 2.05) is 30.0 Å². The molecule has 5 heteroatoms. The number of anilines is 2. The largest absolute Gasteiger partial charge is 0.360 e. The Labute approximate surface area is 133 Å². The molecule has 1 N–H and O–H groups in total. The van der Waals surface area contributed by atoms with E-state index < -0.39 is 5.82 Å². The van der Waals surface area contributed by atoms with Crippen molar-refractivity contribution in [1.82, 2.24) is 0 Å². The van der Waals surface area contributed by atoms with Crippen LogP contribution >= 0.6 is 11.8 Å². The fourth-order valence-electron chi connectivity index (χ4n) is 2.48. The summed E-state index contributed by atoms with van der Waals surface area (Å²) in [5.74, 6) is 0.343. The van der Waals surface area contributed by atoms with Crippen LogP contribution in [0.15, 0.2) is 47.4 Å². The molecule has 0 fully saturated rings. The summed E-state index contributed by atoms with van der Waals surface area (Å²) in [4.78, 5) is 15.4. The zero-order valence-electron chi connectivity index (χ0n) is 12.3. The maximum Gasteiger partial charge on any atom is 0.243 e. The van der Waals surface area contributed by atoms with Crippen molar-refractivity contribution in [2.24, 2.45) is 0 Å². The lowest BCUT2D eigenvalue weighted by molar-refractivity contribution is -0.115. The smallest absolute Gasteiger partial charge is 0.243 e. The summed E-state index contributed by atoms with van der Waals surface area (Å²) < 4.78 is 13.8. The van der Waals surface area contributed by atoms with Crippen molar-refractivity contribution in [3.63, 3.8) is 0 Å². The molecule has 2 aromatic rings. The lowest BCUT2D eigenvalue weighted by Crippen LogP contribution is -2.36. The highest BCUT2D eigenvalue weighted by Crippen LogP contribution is 2.34. The normalized spacial score (nSPS) is 13.6. The summed E-state index contributed by atoms with van der Waals surface area (Å²) in [7, 11) is 0. The number of hydrogen-bond donors (Lipinski definition) is 1. The Morgan fingerprint density at radius 1 is 1.32 bits per heavy atom. The van der Waals surface area contributed by atoms with Gasteiger partial charge in [-0.2, -0.15) is 0 Å². The molecule has 0 saturated carbocycles. The first-order valence-corrected chi connectivity index (χ1v) is 8.15. The van der Waals surface area contributed by atoms with Crippen molar-refractivity contribution in [2.75, 3.05) is 29.1 Å². The van der Waals surface area contributed by atoms with Gasteiger partial charge in [-0.3, -0.25) is 4.79 Å². The van der Waals surface area contributed by atoms with Gasteiger partial charge in [0, 0.05) is 17.2 Å². The molecule has 1 aliphatic heterocycles. The van der Waals surface area contributed by atoms with Gasteiger partial charge in [-0.1, -0.05) is 18.2 Å². The number of halogens is 1. The molecule has 1 heterocycles. The number of fused-ring (bicyclic) bond motifs is 1. The first-order chi connectivity index (χ1) is 10.6. The summed E-state index contributed by atoms with van der Waals surface area (Å²) in [5, 5.41) is 2.65. The molecule has 22 heavy (non-hydrogen) atoms.